The Morgan fingerprint density at radius 1 is 0.900 bits per heavy atom. The van der Waals surface area contributed by atoms with Crippen molar-refractivity contribution < 1.29 is 17.9 Å². The van der Waals surface area contributed by atoms with Gasteiger partial charge < -0.3 is 9.15 Å². The molecule has 0 aliphatic carbocycles. The van der Waals surface area contributed by atoms with Crippen LogP contribution in [0.4, 0.5) is 8.78 Å². The van der Waals surface area contributed by atoms with E-state index in [0.29, 0.717) is 34.9 Å². The van der Waals surface area contributed by atoms with Crippen molar-refractivity contribution in [3.05, 3.63) is 102 Å². The number of aromatic nitrogens is 4. The molecular formula is C40H40F2N6O2. The normalized spacial score (nSPS) is 17.1. The first-order chi connectivity index (χ1) is 24.3. The third-order valence-corrected chi connectivity index (χ3v) is 10.3. The minimum absolute atomic E-state index is 0.103. The maximum absolute atomic E-state index is 13.5. The molecule has 1 atom stereocenters. The lowest BCUT2D eigenvalue weighted by Gasteiger charge is -2.22. The van der Waals surface area contributed by atoms with Crippen LogP contribution in [0, 0.1) is 13.8 Å². The van der Waals surface area contributed by atoms with Gasteiger partial charge in [0.2, 0.25) is 5.89 Å². The van der Waals surface area contributed by atoms with Gasteiger partial charge in [-0.3, -0.25) is 9.80 Å². The van der Waals surface area contributed by atoms with Crippen LogP contribution in [0.5, 0.6) is 5.75 Å². The van der Waals surface area contributed by atoms with Gasteiger partial charge in [-0.1, -0.05) is 42.5 Å². The zero-order valence-corrected chi connectivity index (χ0v) is 28.4. The monoisotopic (exact) mass is 674 g/mol. The van der Waals surface area contributed by atoms with E-state index in [1.807, 2.05) is 40.9 Å². The third-order valence-electron chi connectivity index (χ3n) is 10.3. The van der Waals surface area contributed by atoms with E-state index < -0.39 is 6.61 Å². The summed E-state index contributed by atoms with van der Waals surface area (Å²) in [6.45, 7) is 9.70. The van der Waals surface area contributed by atoms with Gasteiger partial charge in [0.25, 0.3) is 0 Å². The van der Waals surface area contributed by atoms with E-state index in [-0.39, 0.29) is 11.8 Å². The Morgan fingerprint density at radius 3 is 2.40 bits per heavy atom. The number of benzene rings is 3. The summed E-state index contributed by atoms with van der Waals surface area (Å²) in [5.41, 5.74) is 9.62. The Bertz CT molecular complexity index is 2200. The van der Waals surface area contributed by atoms with Crippen molar-refractivity contribution in [1.29, 1.82) is 0 Å². The van der Waals surface area contributed by atoms with Gasteiger partial charge in [0, 0.05) is 48.1 Å². The first kappa shape index (κ1) is 32.3. The van der Waals surface area contributed by atoms with E-state index in [1.54, 1.807) is 0 Å². The van der Waals surface area contributed by atoms with Crippen LogP contribution in [-0.4, -0.2) is 61.7 Å². The van der Waals surface area contributed by atoms with Crippen molar-refractivity contribution in [3.8, 4) is 39.7 Å². The number of halogens is 2. The summed E-state index contributed by atoms with van der Waals surface area (Å²) in [5.74, 6) is 1.21. The molecule has 0 unspecified atom stereocenters. The zero-order valence-electron chi connectivity index (χ0n) is 28.4. The summed E-state index contributed by atoms with van der Waals surface area (Å²) in [5, 5.41) is 4.90. The SMILES string of the molecule is C=C[C@@H]1CCCN1Cc1cc2nc(-c3cccc(-c4cccc(-c5nc6ccc(CN7CCCC7)cn6n5)c4C)c3C)oc2cc1OC(F)F. The molecule has 50 heavy (non-hydrogen) atoms. The first-order valence-corrected chi connectivity index (χ1v) is 17.4. The second-order valence-electron chi connectivity index (χ2n) is 13.5. The summed E-state index contributed by atoms with van der Waals surface area (Å²) in [6, 6.07) is 20.0. The molecule has 8 nitrogen and oxygen atoms in total. The molecule has 0 bridgehead atoms. The molecule has 8 rings (SSSR count). The topological polar surface area (TPSA) is 71.9 Å². The number of pyridine rings is 1. The summed E-state index contributed by atoms with van der Waals surface area (Å²) in [4.78, 5) is 14.4. The highest BCUT2D eigenvalue weighted by Crippen LogP contribution is 2.38. The van der Waals surface area contributed by atoms with Gasteiger partial charge in [-0.05, 0) is 105 Å². The molecule has 0 N–H and O–H groups in total. The van der Waals surface area contributed by atoms with Gasteiger partial charge in [-0.25, -0.2) is 14.5 Å². The first-order valence-electron chi connectivity index (χ1n) is 17.4. The maximum atomic E-state index is 13.5. The minimum Gasteiger partial charge on any atom is -0.436 e. The molecule has 2 aliphatic rings. The number of hydrogen-bond donors (Lipinski definition) is 0. The Hall–Kier alpha value is -4.93. The Morgan fingerprint density at radius 2 is 1.64 bits per heavy atom. The summed E-state index contributed by atoms with van der Waals surface area (Å²) < 4.78 is 40.1. The smallest absolute Gasteiger partial charge is 0.387 e. The van der Waals surface area contributed by atoms with Crippen molar-refractivity contribution in [2.45, 2.75) is 65.3 Å². The summed E-state index contributed by atoms with van der Waals surface area (Å²) >= 11 is 0. The highest BCUT2D eigenvalue weighted by atomic mass is 19.3. The number of ether oxygens (including phenoxy) is 1. The third kappa shape index (κ3) is 6.18. The number of fused-ring (bicyclic) bond motifs is 2. The lowest BCUT2D eigenvalue weighted by Crippen LogP contribution is -2.27. The van der Waals surface area contributed by atoms with Gasteiger partial charge in [-0.2, -0.15) is 8.78 Å². The molecule has 0 saturated carbocycles. The highest BCUT2D eigenvalue weighted by Gasteiger charge is 2.25. The molecule has 3 aromatic heterocycles. The number of nitrogens with zero attached hydrogens (tertiary/aromatic N) is 6. The number of alkyl halides is 2. The lowest BCUT2D eigenvalue weighted by atomic mass is 9.91. The molecule has 3 aromatic carbocycles. The van der Waals surface area contributed by atoms with Crippen LogP contribution >= 0.6 is 0 Å². The van der Waals surface area contributed by atoms with E-state index in [2.05, 4.69) is 60.7 Å². The van der Waals surface area contributed by atoms with Gasteiger partial charge >= 0.3 is 6.61 Å². The van der Waals surface area contributed by atoms with Crippen LogP contribution in [0.1, 0.15) is 47.9 Å². The quantitative estimate of drug-likeness (QED) is 0.135. The number of oxazole rings is 1. The number of likely N-dealkylation sites (tertiary alicyclic amines) is 2. The molecule has 256 valence electrons. The molecule has 0 amide bonds. The Kier molecular flexibility index (Phi) is 8.66. The van der Waals surface area contributed by atoms with Crippen molar-refractivity contribution in [2.24, 2.45) is 0 Å². The van der Waals surface area contributed by atoms with Gasteiger partial charge in [0.1, 0.15) is 11.3 Å². The molecule has 5 heterocycles. The average molecular weight is 675 g/mol. The van der Waals surface area contributed by atoms with Gasteiger partial charge in [0.15, 0.2) is 17.1 Å². The Balaban J connectivity index is 1.12. The van der Waals surface area contributed by atoms with Crippen molar-refractivity contribution in [1.82, 2.24) is 29.4 Å². The van der Waals surface area contributed by atoms with Gasteiger partial charge in [-0.15, -0.1) is 11.7 Å². The van der Waals surface area contributed by atoms with Crippen LogP contribution in [0.3, 0.4) is 0 Å². The van der Waals surface area contributed by atoms with Crippen LogP contribution in [0.2, 0.25) is 0 Å². The van der Waals surface area contributed by atoms with Crippen LogP contribution in [0.25, 0.3) is 50.7 Å². The fraction of sp³-hybridized carbons (Fsp3) is 0.325. The largest absolute Gasteiger partial charge is 0.436 e. The number of rotatable bonds is 10. The fourth-order valence-electron chi connectivity index (χ4n) is 7.64. The molecule has 0 radical (unpaired) electrons. The molecule has 10 heteroatoms. The summed E-state index contributed by atoms with van der Waals surface area (Å²) in [6.07, 6.45) is 8.56. The predicted molar refractivity (Wildman–Crippen MR) is 191 cm³/mol. The second-order valence-corrected chi connectivity index (χ2v) is 13.5. The van der Waals surface area contributed by atoms with Crippen LogP contribution in [0.15, 0.2) is 83.9 Å². The van der Waals surface area contributed by atoms with Crippen LogP contribution < -0.4 is 4.74 Å². The van der Waals surface area contributed by atoms with Crippen molar-refractivity contribution in [2.75, 3.05) is 19.6 Å². The number of hydrogen-bond acceptors (Lipinski definition) is 7. The van der Waals surface area contributed by atoms with E-state index in [1.165, 1.54) is 24.5 Å². The predicted octanol–water partition coefficient (Wildman–Crippen LogP) is 8.84. The van der Waals surface area contributed by atoms with Crippen molar-refractivity contribution >= 4 is 16.7 Å². The Labute approximate surface area is 290 Å². The molecule has 2 aliphatic heterocycles. The maximum Gasteiger partial charge on any atom is 0.387 e. The molecule has 0 spiro atoms. The molecule has 6 aromatic rings. The summed E-state index contributed by atoms with van der Waals surface area (Å²) in [7, 11) is 0. The van der Waals surface area contributed by atoms with E-state index >= 15 is 0 Å². The van der Waals surface area contributed by atoms with E-state index in [4.69, 9.17) is 24.2 Å². The van der Waals surface area contributed by atoms with E-state index in [0.717, 1.165) is 78.0 Å². The molecule has 2 saturated heterocycles. The molecular weight excluding hydrogens is 634 g/mol. The van der Waals surface area contributed by atoms with Gasteiger partial charge in [0.05, 0.1) is 0 Å². The fourth-order valence-corrected chi connectivity index (χ4v) is 7.64. The lowest BCUT2D eigenvalue weighted by molar-refractivity contribution is -0.0507. The van der Waals surface area contributed by atoms with Crippen molar-refractivity contribution in [3.63, 3.8) is 0 Å². The second kappa shape index (κ2) is 13.4. The molecule has 2 fully saturated rings. The average Bonchev–Trinajstić information content (AvgIpc) is 3.92. The minimum atomic E-state index is -2.95. The van der Waals surface area contributed by atoms with E-state index in [9.17, 15) is 8.78 Å². The van der Waals surface area contributed by atoms with Crippen LogP contribution in [-0.2, 0) is 13.1 Å². The standard InChI is InChI=1S/C40H40F2N6O2/c1-4-29-10-9-19-47(29)24-28-20-34-36(21-35(28)50-40(41)42)49-39(43-34)33-14-8-12-31(26(33)3)30-11-7-13-32(25(30)2)38-44-37-16-15-27(23-48(37)45-38)22-46-17-5-6-18-46/h4,7-8,11-16,20-21,23,29,40H,1,5-6,9-10,17-19,22,24H2,2-3H3/t29-/m1/s1. The zero-order chi connectivity index (χ0) is 34.4. The highest BCUT2D eigenvalue weighted by molar-refractivity contribution is 5.84.